The van der Waals surface area contributed by atoms with E-state index in [1.807, 2.05) is 21.1 Å². The highest BCUT2D eigenvalue weighted by molar-refractivity contribution is 7.45. The van der Waals surface area contributed by atoms with Gasteiger partial charge in [-0.1, -0.05) is 345 Å². The van der Waals surface area contributed by atoms with Gasteiger partial charge in [0, 0.05) is 12.8 Å². The molecule has 0 aromatic carbocycles. The molecule has 0 aliphatic carbocycles. The molecule has 10 heteroatoms. The number of allylic oxidation sites excluding steroid dienone is 8. The predicted octanol–water partition coefficient (Wildman–Crippen LogP) is 24.5. The second-order valence-electron chi connectivity index (χ2n) is 27.4. The van der Waals surface area contributed by atoms with Gasteiger partial charge < -0.3 is 27.9 Å². The molecule has 88 heavy (non-hydrogen) atoms. The van der Waals surface area contributed by atoms with Gasteiger partial charge in [-0.05, 0) is 77.0 Å². The number of hydrogen-bond donors (Lipinski definition) is 0. The zero-order chi connectivity index (χ0) is 64.1. The molecule has 518 valence electrons. The Bertz CT molecular complexity index is 1620. The smallest absolute Gasteiger partial charge is 0.306 e. The Morgan fingerprint density at radius 2 is 0.614 bits per heavy atom. The lowest BCUT2D eigenvalue weighted by Gasteiger charge is -2.28. The standard InChI is InChI=1S/C78H148NO8P/c1-6-8-10-12-14-16-18-20-22-24-26-28-30-32-33-34-35-36-37-38-39-40-41-42-43-44-45-47-49-51-53-55-57-59-61-63-65-67-69-71-78(81)87-76(75-86-88(82,83)85-73-72-79(3,4)5)74-84-77(80)70-68-66-64-62-60-58-56-54-52-50-48-46-31-29-27-25-23-21-19-17-15-13-11-9-7-2/h18-21,24-27,76H,6-17,22-23,28-75H2,1-5H3/b20-18-,21-19-,26-24-,27-25-. The molecule has 0 radical (unpaired) electrons. The average Bonchev–Trinajstić information content (AvgIpc) is 3.68. The number of carbonyl (C=O) groups excluding carboxylic acids is 2. The minimum absolute atomic E-state index is 0.0287. The van der Waals surface area contributed by atoms with Crippen LogP contribution in [-0.2, 0) is 32.7 Å². The van der Waals surface area contributed by atoms with Gasteiger partial charge in [0.1, 0.15) is 19.8 Å². The van der Waals surface area contributed by atoms with Crippen LogP contribution in [0.2, 0.25) is 0 Å². The number of nitrogens with zero attached hydrogens (tertiary/aromatic N) is 1. The van der Waals surface area contributed by atoms with Gasteiger partial charge in [-0.15, -0.1) is 0 Å². The summed E-state index contributed by atoms with van der Waals surface area (Å²) in [6.07, 6.45) is 90.8. The van der Waals surface area contributed by atoms with Crippen LogP contribution in [0.1, 0.15) is 386 Å². The normalized spacial score (nSPS) is 13.3. The molecule has 0 amide bonds. The maximum absolute atomic E-state index is 12.9. The van der Waals surface area contributed by atoms with Crippen molar-refractivity contribution in [3.05, 3.63) is 48.6 Å². The van der Waals surface area contributed by atoms with E-state index in [2.05, 4.69) is 62.5 Å². The lowest BCUT2D eigenvalue weighted by molar-refractivity contribution is -0.870. The van der Waals surface area contributed by atoms with Crippen LogP contribution >= 0.6 is 7.82 Å². The monoisotopic (exact) mass is 1260 g/mol. The first kappa shape index (κ1) is 86.0. The molecule has 2 atom stereocenters. The highest BCUT2D eigenvalue weighted by Crippen LogP contribution is 2.38. The summed E-state index contributed by atoms with van der Waals surface area (Å²) in [4.78, 5) is 38.1. The maximum Gasteiger partial charge on any atom is 0.306 e. The van der Waals surface area contributed by atoms with Gasteiger partial charge in [0.25, 0.3) is 7.82 Å². The zero-order valence-corrected chi connectivity index (χ0v) is 60.1. The molecule has 0 fully saturated rings. The first-order chi connectivity index (χ1) is 43.0. The first-order valence-corrected chi connectivity index (χ1v) is 39.8. The molecule has 0 aliphatic rings. The molecule has 0 aromatic heterocycles. The summed E-state index contributed by atoms with van der Waals surface area (Å²) in [7, 11) is 1.18. The number of esters is 2. The fourth-order valence-electron chi connectivity index (χ4n) is 11.4. The Hall–Kier alpha value is -2.03. The van der Waals surface area contributed by atoms with Crippen LogP contribution in [-0.4, -0.2) is 70.0 Å². The zero-order valence-electron chi connectivity index (χ0n) is 59.2. The number of ether oxygens (including phenoxy) is 2. The summed E-state index contributed by atoms with van der Waals surface area (Å²) in [5, 5.41) is 0. The summed E-state index contributed by atoms with van der Waals surface area (Å²) < 4.78 is 34.4. The lowest BCUT2D eigenvalue weighted by Crippen LogP contribution is -2.37. The van der Waals surface area contributed by atoms with Gasteiger partial charge in [-0.25, -0.2) is 0 Å². The second-order valence-corrected chi connectivity index (χ2v) is 28.8. The summed E-state index contributed by atoms with van der Waals surface area (Å²) in [6.45, 7) is 4.28. The van der Waals surface area contributed by atoms with E-state index in [9.17, 15) is 19.0 Å². The molecule has 0 aliphatic heterocycles. The Kier molecular flexibility index (Phi) is 67.7. The van der Waals surface area contributed by atoms with Gasteiger partial charge in [-0.2, -0.15) is 0 Å². The van der Waals surface area contributed by atoms with E-state index >= 15 is 0 Å². The highest BCUT2D eigenvalue weighted by Gasteiger charge is 2.22. The Morgan fingerprint density at radius 1 is 0.352 bits per heavy atom. The van der Waals surface area contributed by atoms with Crippen molar-refractivity contribution in [1.29, 1.82) is 0 Å². The van der Waals surface area contributed by atoms with Gasteiger partial charge in [0.2, 0.25) is 0 Å². The van der Waals surface area contributed by atoms with Crippen molar-refractivity contribution in [2.45, 2.75) is 392 Å². The van der Waals surface area contributed by atoms with Gasteiger partial charge in [-0.3, -0.25) is 14.2 Å². The van der Waals surface area contributed by atoms with Crippen molar-refractivity contribution in [2.24, 2.45) is 0 Å². The Morgan fingerprint density at radius 3 is 0.898 bits per heavy atom. The highest BCUT2D eigenvalue weighted by atomic mass is 31.2. The number of quaternary nitrogens is 1. The summed E-state index contributed by atoms with van der Waals surface area (Å²) in [5.74, 6) is -0.814. The van der Waals surface area contributed by atoms with Crippen molar-refractivity contribution in [3.63, 3.8) is 0 Å². The number of likely N-dealkylation sites (N-methyl/N-ethyl adjacent to an activating group) is 1. The first-order valence-electron chi connectivity index (χ1n) is 38.3. The fourth-order valence-corrected chi connectivity index (χ4v) is 12.2. The van der Waals surface area contributed by atoms with Crippen LogP contribution < -0.4 is 4.89 Å². The van der Waals surface area contributed by atoms with Gasteiger partial charge in [0.15, 0.2) is 6.10 Å². The maximum atomic E-state index is 12.9. The van der Waals surface area contributed by atoms with E-state index in [0.29, 0.717) is 17.4 Å². The largest absolute Gasteiger partial charge is 0.756 e. The average molecular weight is 1260 g/mol. The Balaban J connectivity index is 3.91. The van der Waals surface area contributed by atoms with Crippen LogP contribution in [0, 0.1) is 0 Å². The minimum Gasteiger partial charge on any atom is -0.756 e. The van der Waals surface area contributed by atoms with E-state index in [0.717, 1.165) is 44.9 Å². The lowest BCUT2D eigenvalue weighted by atomic mass is 10.0. The van der Waals surface area contributed by atoms with Crippen molar-refractivity contribution in [3.8, 4) is 0 Å². The predicted molar refractivity (Wildman–Crippen MR) is 379 cm³/mol. The van der Waals surface area contributed by atoms with Crippen LogP contribution in [0.5, 0.6) is 0 Å². The third-order valence-electron chi connectivity index (χ3n) is 17.3. The van der Waals surface area contributed by atoms with E-state index in [4.69, 9.17) is 18.5 Å². The fraction of sp³-hybridized carbons (Fsp3) is 0.872. The molecule has 0 spiro atoms. The summed E-state index contributed by atoms with van der Waals surface area (Å²) in [5.41, 5.74) is 0. The number of unbranched alkanes of at least 4 members (excludes halogenated alkanes) is 50. The van der Waals surface area contributed by atoms with Crippen molar-refractivity contribution in [1.82, 2.24) is 0 Å². The van der Waals surface area contributed by atoms with Crippen LogP contribution in [0.25, 0.3) is 0 Å². The molecule has 0 aromatic rings. The molecule has 0 N–H and O–H groups in total. The third kappa shape index (κ3) is 73.0. The van der Waals surface area contributed by atoms with Crippen molar-refractivity contribution < 1.29 is 42.1 Å². The number of rotatable bonds is 72. The van der Waals surface area contributed by atoms with Crippen LogP contribution in [0.15, 0.2) is 48.6 Å². The number of hydrogen-bond acceptors (Lipinski definition) is 8. The second kappa shape index (κ2) is 69.3. The van der Waals surface area contributed by atoms with Crippen molar-refractivity contribution >= 4 is 19.8 Å². The SMILES string of the molecule is CCCCCCC/C=C\C/C=C\CCCCCCCCCCCCCCCCCCCCCCCCCCCCCC(=O)OC(COC(=O)CCCCCCCCCCCCCCC/C=C\C/C=C\CCCCCCC)COP(=O)([O-])OCC[N+](C)(C)C. The molecule has 0 heterocycles. The quantitative estimate of drug-likeness (QED) is 0.0195. The van der Waals surface area contributed by atoms with E-state index in [1.165, 1.54) is 308 Å². The molecule has 9 nitrogen and oxygen atoms in total. The molecule has 0 rings (SSSR count). The minimum atomic E-state index is -4.64. The van der Waals surface area contributed by atoms with Gasteiger partial charge >= 0.3 is 11.9 Å². The molecule has 0 saturated heterocycles. The van der Waals surface area contributed by atoms with Crippen LogP contribution in [0.4, 0.5) is 0 Å². The van der Waals surface area contributed by atoms with E-state index in [-0.39, 0.29) is 32.0 Å². The third-order valence-corrected chi connectivity index (χ3v) is 18.3. The molecule has 0 saturated carbocycles. The number of phosphoric ester groups is 1. The summed E-state index contributed by atoms with van der Waals surface area (Å²) >= 11 is 0. The molecule has 2 unspecified atom stereocenters. The van der Waals surface area contributed by atoms with E-state index in [1.54, 1.807) is 0 Å². The Labute approximate surface area is 547 Å². The van der Waals surface area contributed by atoms with Crippen molar-refractivity contribution in [2.75, 3.05) is 47.5 Å². The van der Waals surface area contributed by atoms with E-state index < -0.39 is 26.5 Å². The molecule has 0 bridgehead atoms. The van der Waals surface area contributed by atoms with Crippen LogP contribution in [0.3, 0.4) is 0 Å². The van der Waals surface area contributed by atoms with Gasteiger partial charge in [0.05, 0.1) is 27.7 Å². The number of carbonyl (C=O) groups is 2. The molecular formula is C78H148NO8P. The number of phosphoric acid groups is 1. The topological polar surface area (TPSA) is 111 Å². The molecular weight excluding hydrogens is 1110 g/mol. The summed E-state index contributed by atoms with van der Waals surface area (Å²) in [6, 6.07) is 0.